The van der Waals surface area contributed by atoms with Gasteiger partial charge in [0.2, 0.25) is 0 Å². The largest absolute Gasteiger partial charge is 0.478 e. The minimum atomic E-state index is -1.08. The minimum Gasteiger partial charge on any atom is -0.478 e. The second-order valence-electron chi connectivity index (χ2n) is 4.47. The van der Waals surface area contributed by atoms with Crippen molar-refractivity contribution in [3.8, 4) is 12.3 Å². The number of carbonyl (C=O) groups excluding carboxylic acids is 1. The normalized spacial score (nSPS) is 11.2. The number of benzene rings is 1. The fourth-order valence-electron chi connectivity index (χ4n) is 1.73. The highest BCUT2D eigenvalue weighted by atomic mass is 16.4. The highest BCUT2D eigenvalue weighted by Crippen LogP contribution is 2.17. The number of nitrogens with one attached hydrogen (secondary N) is 2. The Morgan fingerprint density at radius 2 is 2.15 bits per heavy atom. The van der Waals surface area contributed by atoms with Gasteiger partial charge in [0.1, 0.15) is 0 Å². The van der Waals surface area contributed by atoms with Crippen LogP contribution < -0.4 is 10.6 Å². The molecule has 3 N–H and O–H groups in total. The van der Waals surface area contributed by atoms with Gasteiger partial charge in [-0.2, -0.15) is 0 Å². The van der Waals surface area contributed by atoms with Gasteiger partial charge in [-0.3, -0.25) is 0 Å². The summed E-state index contributed by atoms with van der Waals surface area (Å²) in [7, 11) is 0. The van der Waals surface area contributed by atoms with E-state index >= 15 is 0 Å². The van der Waals surface area contributed by atoms with Crippen LogP contribution in [0.15, 0.2) is 18.2 Å². The lowest BCUT2D eigenvalue weighted by atomic mass is 10.1. The van der Waals surface area contributed by atoms with Gasteiger partial charge in [0.15, 0.2) is 0 Å². The lowest BCUT2D eigenvalue weighted by Gasteiger charge is -2.16. The van der Waals surface area contributed by atoms with Gasteiger partial charge < -0.3 is 15.7 Å². The lowest BCUT2D eigenvalue weighted by Crippen LogP contribution is -2.37. The number of aryl methyl sites for hydroxylation is 1. The first-order valence-electron chi connectivity index (χ1n) is 6.32. The van der Waals surface area contributed by atoms with Gasteiger partial charge in [0, 0.05) is 12.5 Å². The molecule has 0 heterocycles. The van der Waals surface area contributed by atoms with Crippen LogP contribution in [0.2, 0.25) is 0 Å². The molecule has 1 aromatic rings. The number of terminal acetylenes is 1. The molecule has 5 nitrogen and oxygen atoms in total. The first-order valence-corrected chi connectivity index (χ1v) is 6.32. The van der Waals surface area contributed by atoms with Gasteiger partial charge in [-0.05, 0) is 25.5 Å². The van der Waals surface area contributed by atoms with Crippen molar-refractivity contribution < 1.29 is 14.7 Å². The molecule has 20 heavy (non-hydrogen) atoms. The first kappa shape index (κ1) is 15.6. The molecule has 0 fully saturated rings. The highest BCUT2D eigenvalue weighted by molar-refractivity contribution is 6.00. The molecule has 0 aromatic heterocycles. The summed E-state index contributed by atoms with van der Waals surface area (Å²) in [6, 6.07) is 4.23. The third kappa shape index (κ3) is 4.32. The first-order chi connectivity index (χ1) is 9.47. The standard InChI is InChI=1S/C15H18N2O3/c1-4-6-11(5-2)16-15(20)17-13-8-7-10(3)9-12(13)14(18)19/h1,7-9,11H,5-6H2,2-3H3,(H,18,19)(H2,16,17,20). The van der Waals surface area contributed by atoms with Crippen molar-refractivity contribution in [3.05, 3.63) is 29.3 Å². The van der Waals surface area contributed by atoms with E-state index in [2.05, 4.69) is 16.6 Å². The van der Waals surface area contributed by atoms with Crippen LogP contribution in [0.1, 0.15) is 35.7 Å². The van der Waals surface area contributed by atoms with Crippen LogP contribution in [-0.4, -0.2) is 23.1 Å². The number of carbonyl (C=O) groups is 2. The predicted molar refractivity (Wildman–Crippen MR) is 77.8 cm³/mol. The summed E-state index contributed by atoms with van der Waals surface area (Å²) in [4.78, 5) is 23.0. The fourth-order valence-corrected chi connectivity index (χ4v) is 1.73. The molecule has 2 amide bonds. The Bertz CT molecular complexity index is 547. The van der Waals surface area contributed by atoms with Crippen molar-refractivity contribution in [2.75, 3.05) is 5.32 Å². The van der Waals surface area contributed by atoms with Crippen LogP contribution in [0.5, 0.6) is 0 Å². The summed E-state index contributed by atoms with van der Waals surface area (Å²) in [6.45, 7) is 3.70. The van der Waals surface area contributed by atoms with E-state index < -0.39 is 12.0 Å². The Kier molecular flexibility index (Phi) is 5.60. The van der Waals surface area contributed by atoms with Crippen molar-refractivity contribution >= 4 is 17.7 Å². The van der Waals surface area contributed by atoms with E-state index in [1.807, 2.05) is 6.92 Å². The summed E-state index contributed by atoms with van der Waals surface area (Å²) >= 11 is 0. The maximum atomic E-state index is 11.8. The molecule has 0 aliphatic carbocycles. The Hall–Kier alpha value is -2.48. The SMILES string of the molecule is C#CCC(CC)NC(=O)Nc1ccc(C)cc1C(=O)O. The molecule has 0 saturated heterocycles. The number of carboxylic acids is 1. The maximum absolute atomic E-state index is 11.8. The number of aromatic carboxylic acids is 1. The Labute approximate surface area is 118 Å². The third-order valence-electron chi connectivity index (χ3n) is 2.85. The number of urea groups is 1. The zero-order valence-corrected chi connectivity index (χ0v) is 11.6. The van der Waals surface area contributed by atoms with Gasteiger partial charge in [-0.25, -0.2) is 9.59 Å². The second kappa shape index (κ2) is 7.19. The summed E-state index contributed by atoms with van der Waals surface area (Å²) in [6.07, 6.45) is 6.35. The van der Waals surface area contributed by atoms with E-state index in [1.54, 1.807) is 19.1 Å². The molecule has 1 atom stereocenters. The molecule has 0 aliphatic heterocycles. The molecular weight excluding hydrogens is 256 g/mol. The van der Waals surface area contributed by atoms with Gasteiger partial charge in [-0.15, -0.1) is 12.3 Å². The van der Waals surface area contributed by atoms with E-state index in [0.717, 1.165) is 5.56 Å². The van der Waals surface area contributed by atoms with Crippen LogP contribution in [0.3, 0.4) is 0 Å². The quantitative estimate of drug-likeness (QED) is 0.722. The monoisotopic (exact) mass is 274 g/mol. The Balaban J connectivity index is 2.81. The van der Waals surface area contributed by atoms with Crippen LogP contribution in [0.4, 0.5) is 10.5 Å². The number of hydrogen-bond donors (Lipinski definition) is 3. The van der Waals surface area contributed by atoms with Gasteiger partial charge >= 0.3 is 12.0 Å². The second-order valence-corrected chi connectivity index (χ2v) is 4.47. The van der Waals surface area contributed by atoms with Gasteiger partial charge in [-0.1, -0.05) is 18.6 Å². The predicted octanol–water partition coefficient (Wildman–Crippen LogP) is 2.62. The highest BCUT2D eigenvalue weighted by Gasteiger charge is 2.14. The smallest absolute Gasteiger partial charge is 0.337 e. The van der Waals surface area contributed by atoms with Gasteiger partial charge in [0.05, 0.1) is 11.3 Å². The fraction of sp³-hybridized carbons (Fsp3) is 0.333. The summed E-state index contributed by atoms with van der Waals surface area (Å²) in [5.41, 5.74) is 1.13. The molecule has 1 unspecified atom stereocenters. The topological polar surface area (TPSA) is 78.4 Å². The van der Waals surface area contributed by atoms with Crippen LogP contribution in [0, 0.1) is 19.3 Å². The zero-order chi connectivity index (χ0) is 15.1. The lowest BCUT2D eigenvalue weighted by molar-refractivity contribution is 0.0698. The molecule has 0 radical (unpaired) electrons. The maximum Gasteiger partial charge on any atom is 0.337 e. The molecule has 1 rings (SSSR count). The number of hydrogen-bond acceptors (Lipinski definition) is 2. The van der Waals surface area contributed by atoms with Crippen molar-refractivity contribution in [2.45, 2.75) is 32.7 Å². The number of rotatable bonds is 5. The van der Waals surface area contributed by atoms with Crippen molar-refractivity contribution in [1.29, 1.82) is 0 Å². The van der Waals surface area contributed by atoms with E-state index in [9.17, 15) is 9.59 Å². The van der Waals surface area contributed by atoms with Crippen LogP contribution in [-0.2, 0) is 0 Å². The third-order valence-corrected chi connectivity index (χ3v) is 2.85. The molecule has 0 saturated carbocycles. The van der Waals surface area contributed by atoms with Crippen molar-refractivity contribution in [1.82, 2.24) is 5.32 Å². The van der Waals surface area contributed by atoms with E-state index in [-0.39, 0.29) is 17.3 Å². The zero-order valence-electron chi connectivity index (χ0n) is 11.6. The summed E-state index contributed by atoms with van der Waals surface area (Å²) < 4.78 is 0. The number of carboxylic acid groups (broad SMARTS) is 1. The molecule has 5 heteroatoms. The average Bonchev–Trinajstić information content (AvgIpc) is 2.40. The molecule has 106 valence electrons. The Morgan fingerprint density at radius 1 is 1.45 bits per heavy atom. The molecule has 0 bridgehead atoms. The number of anilines is 1. The van der Waals surface area contributed by atoms with Crippen molar-refractivity contribution in [3.63, 3.8) is 0 Å². The molecular formula is C15H18N2O3. The average molecular weight is 274 g/mol. The van der Waals surface area contributed by atoms with E-state index in [4.69, 9.17) is 11.5 Å². The van der Waals surface area contributed by atoms with E-state index in [0.29, 0.717) is 12.8 Å². The summed E-state index contributed by atoms with van der Waals surface area (Å²) in [5, 5.41) is 14.4. The number of amides is 2. The van der Waals surface area contributed by atoms with E-state index in [1.165, 1.54) is 6.07 Å². The summed E-state index contributed by atoms with van der Waals surface area (Å²) in [5.74, 6) is 1.40. The van der Waals surface area contributed by atoms with Crippen LogP contribution >= 0.6 is 0 Å². The van der Waals surface area contributed by atoms with Crippen molar-refractivity contribution in [2.24, 2.45) is 0 Å². The van der Waals surface area contributed by atoms with Gasteiger partial charge in [0.25, 0.3) is 0 Å². The minimum absolute atomic E-state index is 0.0603. The molecule has 0 spiro atoms. The molecule has 1 aromatic carbocycles. The van der Waals surface area contributed by atoms with Crippen LogP contribution in [0.25, 0.3) is 0 Å². The molecule has 0 aliphatic rings. The Morgan fingerprint density at radius 3 is 2.70 bits per heavy atom.